The lowest BCUT2D eigenvalue weighted by atomic mass is 10.1. The molecule has 130 valence electrons. The van der Waals surface area contributed by atoms with E-state index >= 15 is 0 Å². The van der Waals surface area contributed by atoms with E-state index in [0.29, 0.717) is 17.3 Å². The minimum absolute atomic E-state index is 0.212. The maximum Gasteiger partial charge on any atom is 0.257 e. The summed E-state index contributed by atoms with van der Waals surface area (Å²) in [5, 5.41) is 2.92. The molecule has 1 amide bonds. The Bertz CT molecular complexity index is 933. The average molecular weight is 355 g/mol. The highest BCUT2D eigenvalue weighted by atomic mass is 32.2. The van der Waals surface area contributed by atoms with Gasteiger partial charge < -0.3 is 4.57 Å². The minimum Gasteiger partial charge on any atom is -0.310 e. The van der Waals surface area contributed by atoms with Crippen LogP contribution >= 0.6 is 0 Å². The van der Waals surface area contributed by atoms with E-state index in [1.165, 1.54) is 0 Å². The van der Waals surface area contributed by atoms with Gasteiger partial charge in [-0.05, 0) is 36.2 Å². The van der Waals surface area contributed by atoms with Crippen molar-refractivity contribution in [2.75, 3.05) is 11.6 Å². The quantitative estimate of drug-likeness (QED) is 0.735. The summed E-state index contributed by atoms with van der Waals surface area (Å²) in [6.45, 7) is 2.87. The first-order valence-electron chi connectivity index (χ1n) is 8.24. The molecular weight excluding hydrogens is 334 g/mol. The number of fused-ring (bicyclic) bond motifs is 1. The van der Waals surface area contributed by atoms with E-state index in [-0.39, 0.29) is 5.91 Å². The molecule has 5 nitrogen and oxygen atoms in total. The van der Waals surface area contributed by atoms with E-state index in [1.54, 1.807) is 18.4 Å². The Hall–Kier alpha value is -2.47. The number of aromatic nitrogens is 2. The van der Waals surface area contributed by atoms with Crippen molar-refractivity contribution >= 4 is 33.7 Å². The Morgan fingerprint density at radius 1 is 1.20 bits per heavy atom. The molecule has 0 spiro atoms. The molecule has 0 bridgehead atoms. The number of hydrogen-bond donors (Lipinski definition) is 1. The minimum atomic E-state index is -0.941. The lowest BCUT2D eigenvalue weighted by molar-refractivity contribution is 0.102. The molecule has 6 heteroatoms. The number of hydrogen-bond acceptors (Lipinski definition) is 3. The van der Waals surface area contributed by atoms with E-state index < -0.39 is 10.8 Å². The molecule has 25 heavy (non-hydrogen) atoms. The molecule has 3 rings (SSSR count). The number of benzene rings is 2. The van der Waals surface area contributed by atoms with Crippen LogP contribution in [0.2, 0.25) is 0 Å². The molecule has 0 fully saturated rings. The fraction of sp³-hybridized carbons (Fsp3) is 0.263. The van der Waals surface area contributed by atoms with Gasteiger partial charge in [0.05, 0.1) is 11.0 Å². The molecule has 0 aliphatic rings. The predicted octanol–water partition coefficient (Wildman–Crippen LogP) is 3.58. The molecule has 0 saturated heterocycles. The van der Waals surface area contributed by atoms with Gasteiger partial charge in [-0.3, -0.25) is 14.3 Å². The molecule has 1 N–H and O–H groups in total. The Morgan fingerprint density at radius 3 is 2.76 bits per heavy atom. The van der Waals surface area contributed by atoms with Gasteiger partial charge in [-0.25, -0.2) is 4.98 Å². The fourth-order valence-electron chi connectivity index (χ4n) is 2.83. The standard InChI is InChI=1S/C19H21N3O2S/c1-3-11-22-17-10-5-4-9-16(17)20-19(22)21-18(23)15-8-6-7-14(12-15)13-25(2)24/h4-10,12H,3,11,13H2,1-2H3,(H,20,21,23)/t25-/m0/s1. The van der Waals surface area contributed by atoms with E-state index in [9.17, 15) is 9.00 Å². The zero-order chi connectivity index (χ0) is 17.8. The van der Waals surface area contributed by atoms with Crippen molar-refractivity contribution in [3.05, 3.63) is 59.7 Å². The molecule has 0 unspecified atom stereocenters. The number of carbonyl (C=O) groups excluding carboxylic acids is 1. The SMILES string of the molecule is CCCn1c(NC(=O)c2cccc(C[S@](C)=O)c2)nc2ccccc21. The van der Waals surface area contributed by atoms with E-state index in [2.05, 4.69) is 17.2 Å². The van der Waals surface area contributed by atoms with E-state index in [4.69, 9.17) is 0 Å². The molecule has 0 aliphatic heterocycles. The van der Waals surface area contributed by atoms with Crippen LogP contribution in [0.5, 0.6) is 0 Å². The largest absolute Gasteiger partial charge is 0.310 e. The Balaban J connectivity index is 1.89. The van der Waals surface area contributed by atoms with E-state index in [1.807, 2.05) is 41.0 Å². The average Bonchev–Trinajstić information content (AvgIpc) is 2.92. The first-order valence-corrected chi connectivity index (χ1v) is 9.96. The van der Waals surface area contributed by atoms with Crippen molar-refractivity contribution in [3.63, 3.8) is 0 Å². The summed E-state index contributed by atoms with van der Waals surface area (Å²) in [5.74, 6) is 0.782. The zero-order valence-electron chi connectivity index (χ0n) is 14.4. The van der Waals surface area contributed by atoms with Crippen LogP contribution in [0, 0.1) is 0 Å². The molecule has 3 aromatic rings. The summed E-state index contributed by atoms with van der Waals surface area (Å²) in [7, 11) is -0.941. The van der Waals surface area contributed by atoms with Crippen LogP contribution in [0.4, 0.5) is 5.95 Å². The van der Waals surface area contributed by atoms with E-state index in [0.717, 1.165) is 29.6 Å². The molecule has 0 radical (unpaired) electrons. The number of rotatable bonds is 6. The second kappa shape index (κ2) is 7.61. The maximum absolute atomic E-state index is 12.6. The number of amides is 1. The monoisotopic (exact) mass is 355 g/mol. The second-order valence-corrected chi connectivity index (χ2v) is 7.38. The summed E-state index contributed by atoms with van der Waals surface area (Å²) in [6.07, 6.45) is 2.60. The highest BCUT2D eigenvalue weighted by Gasteiger charge is 2.14. The van der Waals surface area contributed by atoms with Gasteiger partial charge in [0.25, 0.3) is 5.91 Å². The first kappa shape index (κ1) is 17.4. The summed E-state index contributed by atoms with van der Waals surface area (Å²) >= 11 is 0. The molecule has 0 saturated carbocycles. The summed E-state index contributed by atoms with van der Waals surface area (Å²) < 4.78 is 13.4. The normalized spacial score (nSPS) is 12.2. The summed E-state index contributed by atoms with van der Waals surface area (Å²) in [6, 6.07) is 15.1. The maximum atomic E-state index is 12.6. The number of imidazole rings is 1. The molecule has 2 aromatic carbocycles. The van der Waals surface area contributed by atoms with Gasteiger partial charge in [0.15, 0.2) is 0 Å². The van der Waals surface area contributed by atoms with Crippen LogP contribution in [-0.4, -0.2) is 25.9 Å². The first-order chi connectivity index (χ1) is 12.1. The Morgan fingerprint density at radius 2 is 2.00 bits per heavy atom. The second-order valence-electron chi connectivity index (χ2n) is 5.95. The van der Waals surface area contributed by atoms with Crippen molar-refractivity contribution in [2.24, 2.45) is 0 Å². The number of nitrogens with one attached hydrogen (secondary N) is 1. The van der Waals surface area contributed by atoms with Gasteiger partial charge in [0.2, 0.25) is 5.95 Å². The number of carbonyl (C=O) groups is 1. The molecule has 0 aliphatic carbocycles. The van der Waals surface area contributed by atoms with Crippen molar-refractivity contribution in [3.8, 4) is 0 Å². The van der Waals surface area contributed by atoms with Crippen LogP contribution in [0.3, 0.4) is 0 Å². The van der Waals surface area contributed by atoms with Crippen LogP contribution in [0.25, 0.3) is 11.0 Å². The lowest BCUT2D eigenvalue weighted by Crippen LogP contribution is -2.16. The summed E-state index contributed by atoms with van der Waals surface area (Å²) in [4.78, 5) is 17.2. The van der Waals surface area contributed by atoms with Gasteiger partial charge in [0, 0.05) is 34.9 Å². The number of anilines is 1. The topological polar surface area (TPSA) is 64.0 Å². The fourth-order valence-corrected chi connectivity index (χ4v) is 3.48. The smallest absolute Gasteiger partial charge is 0.257 e. The van der Waals surface area contributed by atoms with Gasteiger partial charge in [0.1, 0.15) is 0 Å². The van der Waals surface area contributed by atoms with Gasteiger partial charge in [-0.15, -0.1) is 0 Å². The van der Waals surface area contributed by atoms with Gasteiger partial charge in [-0.1, -0.05) is 31.2 Å². The van der Waals surface area contributed by atoms with Crippen LogP contribution in [0.15, 0.2) is 48.5 Å². The van der Waals surface area contributed by atoms with Crippen molar-refractivity contribution in [1.29, 1.82) is 0 Å². The van der Waals surface area contributed by atoms with Crippen LogP contribution in [0.1, 0.15) is 29.3 Å². The third-order valence-corrected chi connectivity index (χ3v) is 4.63. The molecule has 1 heterocycles. The molecule has 1 atom stereocenters. The lowest BCUT2D eigenvalue weighted by Gasteiger charge is -2.09. The van der Waals surface area contributed by atoms with Crippen LogP contribution < -0.4 is 5.32 Å². The van der Waals surface area contributed by atoms with Gasteiger partial charge in [-0.2, -0.15) is 0 Å². The zero-order valence-corrected chi connectivity index (χ0v) is 15.2. The third kappa shape index (κ3) is 3.96. The molecular formula is C19H21N3O2S. The predicted molar refractivity (Wildman–Crippen MR) is 102 cm³/mol. The highest BCUT2D eigenvalue weighted by molar-refractivity contribution is 7.83. The van der Waals surface area contributed by atoms with Crippen LogP contribution in [-0.2, 0) is 23.1 Å². The third-order valence-electron chi connectivity index (χ3n) is 3.89. The number of nitrogens with zero attached hydrogens (tertiary/aromatic N) is 2. The van der Waals surface area contributed by atoms with Crippen molar-refractivity contribution in [1.82, 2.24) is 9.55 Å². The number of para-hydroxylation sites is 2. The highest BCUT2D eigenvalue weighted by Crippen LogP contribution is 2.20. The van der Waals surface area contributed by atoms with Crippen molar-refractivity contribution < 1.29 is 9.00 Å². The number of aryl methyl sites for hydroxylation is 1. The Kier molecular flexibility index (Phi) is 5.28. The van der Waals surface area contributed by atoms with Crippen molar-refractivity contribution in [2.45, 2.75) is 25.6 Å². The molecule has 1 aromatic heterocycles. The summed E-state index contributed by atoms with van der Waals surface area (Å²) in [5.41, 5.74) is 3.30. The van der Waals surface area contributed by atoms with Gasteiger partial charge >= 0.3 is 0 Å². The Labute approximate surface area is 149 Å².